The van der Waals surface area contributed by atoms with Crippen LogP contribution in [0.2, 0.25) is 0 Å². The number of benzene rings is 2. The van der Waals surface area contributed by atoms with Crippen molar-refractivity contribution >= 4 is 17.9 Å². The van der Waals surface area contributed by atoms with Crippen LogP contribution in [0, 0.1) is 11.3 Å². The van der Waals surface area contributed by atoms with Gasteiger partial charge in [-0.3, -0.25) is 4.99 Å². The number of nitrogens with zero attached hydrogens (tertiary/aromatic N) is 2. The molecule has 0 radical (unpaired) electrons. The fourth-order valence-electron chi connectivity index (χ4n) is 6.31. The van der Waals surface area contributed by atoms with Crippen molar-refractivity contribution in [2.45, 2.75) is 39.2 Å². The molecule has 0 saturated heterocycles. The van der Waals surface area contributed by atoms with E-state index < -0.39 is 5.97 Å². The number of aromatic hydroxyl groups is 1. The molecule has 4 aliphatic rings. The van der Waals surface area contributed by atoms with Crippen molar-refractivity contribution in [2.24, 2.45) is 16.3 Å². The number of likely N-dealkylation sites (tertiary alicyclic amines) is 1. The van der Waals surface area contributed by atoms with Crippen molar-refractivity contribution < 1.29 is 15.0 Å². The van der Waals surface area contributed by atoms with Crippen LogP contribution in [0.1, 0.15) is 43.5 Å². The van der Waals surface area contributed by atoms with Gasteiger partial charge in [0.1, 0.15) is 11.3 Å². The Labute approximate surface area is 218 Å². The van der Waals surface area contributed by atoms with Gasteiger partial charge in [0.05, 0.1) is 6.54 Å². The molecule has 0 aromatic heterocycles. The van der Waals surface area contributed by atoms with Gasteiger partial charge >= 0.3 is 5.97 Å². The van der Waals surface area contributed by atoms with E-state index in [0.29, 0.717) is 12.0 Å². The molecule has 2 aliphatic carbocycles. The minimum atomic E-state index is -1.11. The van der Waals surface area contributed by atoms with Gasteiger partial charge in [-0.2, -0.15) is 0 Å². The molecule has 2 heterocycles. The molecular formula is C31H35N3O3. The van der Waals surface area contributed by atoms with Crippen LogP contribution in [0.5, 0.6) is 5.75 Å². The third-order valence-electron chi connectivity index (χ3n) is 8.39. The molecule has 0 fully saturated rings. The molecule has 0 amide bonds. The summed E-state index contributed by atoms with van der Waals surface area (Å²) in [6.45, 7) is 7.76. The summed E-state index contributed by atoms with van der Waals surface area (Å²) in [6.07, 6.45) is 10.5. The molecule has 6 heteroatoms. The number of carbonyl (C=O) groups is 1. The summed E-state index contributed by atoms with van der Waals surface area (Å²) >= 11 is 0. The number of hydrogen-bond acceptors (Lipinski definition) is 5. The van der Waals surface area contributed by atoms with Crippen LogP contribution < -0.4 is 5.32 Å². The van der Waals surface area contributed by atoms with Crippen molar-refractivity contribution in [1.82, 2.24) is 4.90 Å². The van der Waals surface area contributed by atoms with Gasteiger partial charge in [-0.1, -0.05) is 61.9 Å². The second-order valence-electron chi connectivity index (χ2n) is 10.4. The summed E-state index contributed by atoms with van der Waals surface area (Å²) in [6, 6.07) is 17.0. The van der Waals surface area contributed by atoms with Gasteiger partial charge in [0.15, 0.2) is 0 Å². The standard InChI is InChI=1S/C24H29N3.C7H6O3/c1-17-23-15-20-19-9-6-12-25-16-24(17,2)21(19)10-11-22(20)27(23)14-13-26-18-7-4-3-5-8-18;8-6-4-2-1-3-5(6)7(9)10/h3-9,16-17,23,26H,10-15H2,1-2H3;1-4,8H,(H,9,10). The first kappa shape index (κ1) is 24.9. The first-order valence-corrected chi connectivity index (χ1v) is 13.1. The largest absolute Gasteiger partial charge is 0.507 e. The highest BCUT2D eigenvalue weighted by Gasteiger charge is 2.50. The summed E-state index contributed by atoms with van der Waals surface area (Å²) < 4.78 is 0. The van der Waals surface area contributed by atoms with Crippen molar-refractivity contribution in [3.63, 3.8) is 0 Å². The predicted molar refractivity (Wildman–Crippen MR) is 148 cm³/mol. The van der Waals surface area contributed by atoms with E-state index in [9.17, 15) is 4.79 Å². The quantitative estimate of drug-likeness (QED) is 0.479. The second kappa shape index (κ2) is 10.3. The van der Waals surface area contributed by atoms with Crippen LogP contribution in [0.4, 0.5) is 5.69 Å². The maximum Gasteiger partial charge on any atom is 0.339 e. The normalized spacial score (nSPS) is 25.3. The van der Waals surface area contributed by atoms with Gasteiger partial charge in [-0.25, -0.2) is 4.79 Å². The number of para-hydroxylation sites is 2. The number of carboxylic acids is 1. The van der Waals surface area contributed by atoms with Gasteiger partial charge in [0.2, 0.25) is 0 Å². The number of fused-ring (bicyclic) bond motifs is 1. The maximum absolute atomic E-state index is 10.3. The first-order chi connectivity index (χ1) is 17.9. The Morgan fingerprint density at radius 2 is 1.89 bits per heavy atom. The molecule has 6 nitrogen and oxygen atoms in total. The van der Waals surface area contributed by atoms with Gasteiger partial charge in [0, 0.05) is 42.1 Å². The van der Waals surface area contributed by atoms with Crippen LogP contribution >= 0.6 is 0 Å². The fourth-order valence-corrected chi connectivity index (χ4v) is 6.31. The fraction of sp³-hybridized carbons (Fsp3) is 0.355. The number of hydrogen-bond donors (Lipinski definition) is 3. The lowest BCUT2D eigenvalue weighted by atomic mass is 9.66. The van der Waals surface area contributed by atoms with Gasteiger partial charge < -0.3 is 20.4 Å². The minimum absolute atomic E-state index is 0.0671. The lowest BCUT2D eigenvalue weighted by Gasteiger charge is -2.46. The Balaban J connectivity index is 0.000000237. The Bertz CT molecular complexity index is 1290. The number of allylic oxidation sites excluding steroid dienone is 4. The highest BCUT2D eigenvalue weighted by atomic mass is 16.4. The number of aromatic carboxylic acids is 1. The lowest BCUT2D eigenvalue weighted by molar-refractivity contribution is 0.0693. The van der Waals surface area contributed by atoms with E-state index in [2.05, 4.69) is 72.8 Å². The summed E-state index contributed by atoms with van der Waals surface area (Å²) in [5.41, 5.74) is 7.65. The van der Waals surface area contributed by atoms with E-state index in [1.807, 2.05) is 0 Å². The zero-order valence-corrected chi connectivity index (χ0v) is 21.5. The van der Waals surface area contributed by atoms with E-state index >= 15 is 0 Å². The van der Waals surface area contributed by atoms with Crippen molar-refractivity contribution in [3.8, 4) is 5.75 Å². The molecule has 192 valence electrons. The van der Waals surface area contributed by atoms with Crippen LogP contribution in [0.15, 0.2) is 94.2 Å². The third kappa shape index (κ3) is 4.68. The van der Waals surface area contributed by atoms with Gasteiger partial charge in [0.25, 0.3) is 0 Å². The lowest BCUT2D eigenvalue weighted by Crippen LogP contribution is -2.47. The molecule has 0 saturated carbocycles. The number of anilines is 1. The monoisotopic (exact) mass is 497 g/mol. The third-order valence-corrected chi connectivity index (χ3v) is 8.39. The number of phenols is 1. The Morgan fingerprint density at radius 3 is 2.62 bits per heavy atom. The molecule has 2 aromatic carbocycles. The number of carboxylic acid groups (broad SMARTS) is 1. The van der Waals surface area contributed by atoms with Crippen molar-refractivity contribution in [1.29, 1.82) is 0 Å². The Morgan fingerprint density at radius 1 is 1.14 bits per heavy atom. The maximum atomic E-state index is 10.3. The zero-order chi connectivity index (χ0) is 26.0. The van der Waals surface area contributed by atoms with Gasteiger partial charge in [-0.05, 0) is 60.6 Å². The molecule has 5 bridgehead atoms. The van der Waals surface area contributed by atoms with E-state index in [1.54, 1.807) is 29.0 Å². The minimum Gasteiger partial charge on any atom is -0.507 e. The highest BCUT2D eigenvalue weighted by Crippen LogP contribution is 2.56. The Hall–Kier alpha value is -3.80. The van der Waals surface area contributed by atoms with Crippen LogP contribution in [0.3, 0.4) is 0 Å². The predicted octanol–water partition coefficient (Wildman–Crippen LogP) is 5.90. The molecule has 3 unspecified atom stereocenters. The Kier molecular flexibility index (Phi) is 6.92. The number of nitrogens with one attached hydrogen (secondary N) is 1. The molecule has 2 aromatic rings. The average molecular weight is 498 g/mol. The topological polar surface area (TPSA) is 85.2 Å². The van der Waals surface area contributed by atoms with E-state index in [0.717, 1.165) is 19.6 Å². The highest BCUT2D eigenvalue weighted by molar-refractivity contribution is 5.90. The summed E-state index contributed by atoms with van der Waals surface area (Å²) in [7, 11) is 0. The first-order valence-electron chi connectivity index (χ1n) is 13.1. The van der Waals surface area contributed by atoms with Crippen LogP contribution in [0.25, 0.3) is 0 Å². The van der Waals surface area contributed by atoms with E-state index in [4.69, 9.17) is 15.2 Å². The molecule has 6 rings (SSSR count). The zero-order valence-electron chi connectivity index (χ0n) is 21.5. The second-order valence-corrected chi connectivity index (χ2v) is 10.4. The van der Waals surface area contributed by atoms with Gasteiger partial charge in [-0.15, -0.1) is 0 Å². The smallest absolute Gasteiger partial charge is 0.339 e. The molecule has 0 spiro atoms. The molecule has 3 N–H and O–H groups in total. The van der Waals surface area contributed by atoms with E-state index in [-0.39, 0.29) is 16.7 Å². The molecular weight excluding hydrogens is 462 g/mol. The molecule has 3 atom stereocenters. The van der Waals surface area contributed by atoms with Crippen molar-refractivity contribution in [3.05, 3.63) is 94.7 Å². The molecule has 37 heavy (non-hydrogen) atoms. The van der Waals surface area contributed by atoms with Crippen molar-refractivity contribution in [2.75, 3.05) is 25.0 Å². The number of aliphatic imine (C=N–C) groups is 1. The summed E-state index contributed by atoms with van der Waals surface area (Å²) in [4.78, 5) is 17.7. The SMILES string of the molecule is CC1C2CC3=C(CCC4=C3C=CCN=CC41C)N2CCNc1ccccc1.O=C(O)c1ccccc1O. The average Bonchev–Trinajstić information content (AvgIpc) is 3.23. The summed E-state index contributed by atoms with van der Waals surface area (Å²) in [5.74, 6) is -0.738. The molecule has 2 aliphatic heterocycles. The summed E-state index contributed by atoms with van der Waals surface area (Å²) in [5, 5.41) is 20.9. The van der Waals surface area contributed by atoms with E-state index in [1.165, 1.54) is 42.7 Å². The van der Waals surface area contributed by atoms with Crippen LogP contribution in [-0.4, -0.2) is 53.0 Å². The number of rotatable bonds is 5. The van der Waals surface area contributed by atoms with Crippen LogP contribution in [-0.2, 0) is 0 Å².